The molecule has 3 heterocycles. The number of rotatable bonds is 12. The van der Waals surface area contributed by atoms with Crippen molar-refractivity contribution in [2.24, 2.45) is 13.0 Å². The van der Waals surface area contributed by atoms with E-state index in [2.05, 4.69) is 10.2 Å². The maximum atomic E-state index is 15.6. The van der Waals surface area contributed by atoms with Crippen LogP contribution in [0.25, 0.3) is 10.9 Å². The number of fused-ring (bicyclic) bond motifs is 1. The third-order valence-corrected chi connectivity index (χ3v) is 11.1. The van der Waals surface area contributed by atoms with Crippen molar-refractivity contribution in [3.8, 4) is 0 Å². The molecule has 13 heteroatoms. The molecule has 1 saturated carbocycles. The van der Waals surface area contributed by atoms with Crippen molar-refractivity contribution in [2.75, 3.05) is 45.8 Å². The van der Waals surface area contributed by atoms with Crippen LogP contribution in [0.3, 0.4) is 0 Å². The van der Waals surface area contributed by atoms with Crippen LogP contribution in [0.2, 0.25) is 5.02 Å². The Balaban J connectivity index is 1.16. The summed E-state index contributed by atoms with van der Waals surface area (Å²) in [5.41, 5.74) is 1.58. The number of aryl methyl sites for hydroxylation is 1. The van der Waals surface area contributed by atoms with Crippen LogP contribution in [0, 0.1) is 11.7 Å². The highest BCUT2D eigenvalue weighted by Crippen LogP contribution is 2.34. The van der Waals surface area contributed by atoms with E-state index in [0.717, 1.165) is 23.9 Å². The molecule has 6 rings (SSSR count). The van der Waals surface area contributed by atoms with Crippen molar-refractivity contribution < 1.29 is 38.1 Å². The second-order valence-corrected chi connectivity index (χ2v) is 14.2. The lowest BCUT2D eigenvalue weighted by Crippen LogP contribution is -2.47. The van der Waals surface area contributed by atoms with Crippen LogP contribution in [-0.2, 0) is 37.3 Å². The summed E-state index contributed by atoms with van der Waals surface area (Å²) in [6.45, 7) is 2.07. The molecular formula is C37H46ClFN4O7. The first kappa shape index (κ1) is 36.2. The summed E-state index contributed by atoms with van der Waals surface area (Å²) < 4.78 is 35.1. The average Bonchev–Trinajstić information content (AvgIpc) is 3.81. The van der Waals surface area contributed by atoms with Gasteiger partial charge >= 0.3 is 5.97 Å². The highest BCUT2D eigenvalue weighted by Gasteiger charge is 2.45. The molecule has 2 N–H and O–H groups in total. The van der Waals surface area contributed by atoms with Gasteiger partial charge in [0.05, 0.1) is 66.1 Å². The number of carbonyl (C=O) groups excluding carboxylic acids is 2. The normalized spacial score (nSPS) is 25.7. The standard InChI is InChI=1S/C37H46ClFN4O7/c1-41-19-28(27-6-4-5-7-32(27)41)36(45)40-31-17-30(39)23(14-29(31)38)15-35(44)43-18-24(42-13-12-34(49-3)33(42)21-48-2)16-25(43)20-50-26-10-8-22(9-11-26)37(46)47/h4-7,14,17,19,22,24-26,33-34H,8-13,15-16,18,20-21H2,1-3H3,(H,40,45)(H,46,47)/t22?,24-,25-,26?,33+,34-/m0/s1. The second kappa shape index (κ2) is 15.8. The predicted octanol–water partition coefficient (Wildman–Crippen LogP) is 5.13. The maximum absolute atomic E-state index is 15.6. The zero-order valence-corrected chi connectivity index (χ0v) is 29.5. The number of hydrogen-bond acceptors (Lipinski definition) is 7. The molecule has 50 heavy (non-hydrogen) atoms. The third-order valence-electron chi connectivity index (χ3n) is 10.8. The minimum atomic E-state index is -0.767. The molecule has 2 aromatic carbocycles. The van der Waals surface area contributed by atoms with Gasteiger partial charge in [0.1, 0.15) is 5.82 Å². The van der Waals surface area contributed by atoms with E-state index in [0.29, 0.717) is 57.4 Å². The van der Waals surface area contributed by atoms with Crippen LogP contribution < -0.4 is 5.32 Å². The Labute approximate surface area is 296 Å². The first-order chi connectivity index (χ1) is 24.1. The Kier molecular flexibility index (Phi) is 11.4. The number of para-hydroxylation sites is 1. The molecule has 2 aliphatic heterocycles. The van der Waals surface area contributed by atoms with Crippen LogP contribution in [0.1, 0.15) is 54.4 Å². The number of nitrogens with one attached hydrogen (secondary N) is 1. The summed E-state index contributed by atoms with van der Waals surface area (Å²) in [6, 6.07) is 9.92. The maximum Gasteiger partial charge on any atom is 0.306 e. The monoisotopic (exact) mass is 712 g/mol. The van der Waals surface area contributed by atoms with E-state index in [1.165, 1.54) is 12.1 Å². The molecule has 0 bridgehead atoms. The number of methoxy groups -OCH3 is 2. The van der Waals surface area contributed by atoms with Gasteiger partial charge in [-0.3, -0.25) is 19.3 Å². The highest BCUT2D eigenvalue weighted by molar-refractivity contribution is 6.34. The van der Waals surface area contributed by atoms with Crippen LogP contribution >= 0.6 is 11.6 Å². The van der Waals surface area contributed by atoms with Crippen molar-refractivity contribution >= 4 is 46.0 Å². The topological polar surface area (TPSA) is 123 Å². The van der Waals surface area contributed by atoms with Crippen LogP contribution in [0.5, 0.6) is 0 Å². The fraction of sp³-hybridized carbons (Fsp3) is 0.541. The number of hydrogen-bond donors (Lipinski definition) is 2. The Hall–Kier alpha value is -3.55. The molecule has 2 amide bonds. The summed E-state index contributed by atoms with van der Waals surface area (Å²) in [5.74, 6) is -2.41. The number of anilines is 1. The van der Waals surface area contributed by atoms with Crippen LogP contribution in [0.15, 0.2) is 42.6 Å². The van der Waals surface area contributed by atoms with Crippen LogP contribution in [-0.4, -0.2) is 108 Å². The molecule has 2 saturated heterocycles. The summed E-state index contributed by atoms with van der Waals surface area (Å²) >= 11 is 6.58. The summed E-state index contributed by atoms with van der Waals surface area (Å²) in [5, 5.41) is 13.0. The van der Waals surface area contributed by atoms with Gasteiger partial charge in [-0.2, -0.15) is 0 Å². The molecule has 270 valence electrons. The van der Waals surface area contributed by atoms with E-state index in [1.807, 2.05) is 35.9 Å². The fourth-order valence-electron chi connectivity index (χ4n) is 8.07. The van der Waals surface area contributed by atoms with Crippen molar-refractivity contribution in [3.05, 3.63) is 64.6 Å². The molecule has 4 atom stereocenters. The number of carboxylic acids is 1. The number of aliphatic carboxylic acids is 1. The molecule has 0 spiro atoms. The van der Waals surface area contributed by atoms with Crippen molar-refractivity contribution in [1.82, 2.24) is 14.4 Å². The smallest absolute Gasteiger partial charge is 0.306 e. The molecule has 3 fully saturated rings. The molecule has 3 aliphatic rings. The van der Waals surface area contributed by atoms with Crippen molar-refractivity contribution in [2.45, 2.75) is 75.3 Å². The van der Waals surface area contributed by atoms with Gasteiger partial charge in [-0.05, 0) is 62.3 Å². The zero-order valence-electron chi connectivity index (χ0n) is 28.8. The number of likely N-dealkylation sites (tertiary alicyclic amines) is 2. The highest BCUT2D eigenvalue weighted by atomic mass is 35.5. The van der Waals surface area contributed by atoms with Gasteiger partial charge in [0.25, 0.3) is 5.91 Å². The van der Waals surface area contributed by atoms with Gasteiger partial charge < -0.3 is 34.1 Å². The van der Waals surface area contributed by atoms with Gasteiger partial charge in [0, 0.05) is 57.5 Å². The molecule has 11 nitrogen and oxygen atoms in total. The number of amides is 2. The predicted molar refractivity (Wildman–Crippen MR) is 187 cm³/mol. The number of nitrogens with zero attached hydrogens (tertiary/aromatic N) is 3. The molecular weight excluding hydrogens is 667 g/mol. The zero-order chi connectivity index (χ0) is 35.5. The SMILES string of the molecule is COC[C@@H]1[C@@H](OC)CCN1[C@H]1C[C@@H](COC2CCC(C(=O)O)CC2)N(C(=O)Cc2cc(Cl)c(NC(=O)c3cn(C)c4ccccc34)cc2F)C1. The minimum Gasteiger partial charge on any atom is -0.481 e. The number of benzene rings is 2. The van der Waals surface area contributed by atoms with Crippen LogP contribution in [0.4, 0.5) is 10.1 Å². The van der Waals surface area contributed by atoms with E-state index in [-0.39, 0.29) is 64.9 Å². The van der Waals surface area contributed by atoms with E-state index < -0.39 is 17.7 Å². The Morgan fingerprint density at radius 2 is 1.82 bits per heavy atom. The molecule has 1 aromatic heterocycles. The lowest BCUT2D eigenvalue weighted by Gasteiger charge is -2.31. The lowest BCUT2D eigenvalue weighted by atomic mass is 9.87. The lowest BCUT2D eigenvalue weighted by molar-refractivity contribution is -0.144. The van der Waals surface area contributed by atoms with E-state index in [4.69, 9.17) is 25.8 Å². The average molecular weight is 713 g/mol. The van der Waals surface area contributed by atoms with Crippen molar-refractivity contribution in [3.63, 3.8) is 0 Å². The summed E-state index contributed by atoms with van der Waals surface area (Å²) in [7, 11) is 5.23. The van der Waals surface area contributed by atoms with Gasteiger partial charge in [-0.15, -0.1) is 0 Å². The number of halogens is 2. The van der Waals surface area contributed by atoms with E-state index in [1.54, 1.807) is 25.3 Å². The summed E-state index contributed by atoms with van der Waals surface area (Å²) in [4.78, 5) is 42.8. The third kappa shape index (κ3) is 7.69. The largest absolute Gasteiger partial charge is 0.481 e. The number of ether oxygens (including phenoxy) is 3. The molecule has 0 radical (unpaired) electrons. The minimum absolute atomic E-state index is 0.0228. The van der Waals surface area contributed by atoms with E-state index >= 15 is 4.39 Å². The Morgan fingerprint density at radius 1 is 1.06 bits per heavy atom. The fourth-order valence-corrected chi connectivity index (χ4v) is 8.30. The first-order valence-corrected chi connectivity index (χ1v) is 17.7. The van der Waals surface area contributed by atoms with E-state index in [9.17, 15) is 19.5 Å². The van der Waals surface area contributed by atoms with Gasteiger partial charge in [-0.25, -0.2) is 4.39 Å². The van der Waals surface area contributed by atoms with Gasteiger partial charge in [-0.1, -0.05) is 29.8 Å². The Morgan fingerprint density at radius 3 is 2.54 bits per heavy atom. The van der Waals surface area contributed by atoms with Crippen molar-refractivity contribution in [1.29, 1.82) is 0 Å². The molecule has 3 aromatic rings. The van der Waals surface area contributed by atoms with Gasteiger partial charge in [0.2, 0.25) is 5.91 Å². The van der Waals surface area contributed by atoms with Gasteiger partial charge in [0.15, 0.2) is 0 Å². The first-order valence-electron chi connectivity index (χ1n) is 17.3. The second-order valence-electron chi connectivity index (χ2n) is 13.8. The number of carboxylic acid groups (broad SMARTS) is 1. The molecule has 1 aliphatic carbocycles. The number of carbonyl (C=O) groups is 3. The summed E-state index contributed by atoms with van der Waals surface area (Å²) in [6.07, 6.45) is 5.45. The quantitative estimate of drug-likeness (QED) is 0.265. The Bertz CT molecular complexity index is 1710. The number of aromatic nitrogens is 1. The molecule has 0 unspecified atom stereocenters.